The number of carboxylic acid groups (broad SMARTS) is 2. The van der Waals surface area contributed by atoms with Crippen LogP contribution >= 0.6 is 0 Å². The number of aromatic nitrogens is 3. The van der Waals surface area contributed by atoms with Gasteiger partial charge in [0.1, 0.15) is 17.3 Å². The molecule has 0 saturated heterocycles. The molecule has 0 fully saturated rings. The third-order valence-corrected chi connectivity index (χ3v) is 6.63. The van der Waals surface area contributed by atoms with Crippen molar-refractivity contribution >= 4 is 23.5 Å². The second-order valence-electron chi connectivity index (χ2n) is 10.8. The van der Waals surface area contributed by atoms with Crippen LogP contribution in [0, 0.1) is 13.8 Å². The Balaban J connectivity index is 0.000000489. The molecule has 2 unspecified atom stereocenters. The van der Waals surface area contributed by atoms with Crippen molar-refractivity contribution in [2.75, 3.05) is 18.5 Å². The maximum atomic E-state index is 11.6. The molecule has 2 aromatic carbocycles. The van der Waals surface area contributed by atoms with E-state index in [1.807, 2.05) is 42.8 Å². The number of β-amino-alcohol motifs (C(OH)–C–C–N with tert-alkyl or cyclic N) is 1. The summed E-state index contributed by atoms with van der Waals surface area (Å²) < 4.78 is 7.41. The van der Waals surface area contributed by atoms with Crippen LogP contribution in [0.4, 0.5) is 5.69 Å². The molecule has 3 aromatic rings. The van der Waals surface area contributed by atoms with E-state index in [2.05, 4.69) is 34.6 Å². The molecule has 1 aromatic heterocycles. The first-order valence-corrected chi connectivity index (χ1v) is 13.5. The number of hydrogen-bond acceptors (Lipinski definition) is 10. The average molecular weight is 600 g/mol. The van der Waals surface area contributed by atoms with Gasteiger partial charge >= 0.3 is 11.9 Å². The van der Waals surface area contributed by atoms with E-state index in [0.717, 1.165) is 17.8 Å². The lowest BCUT2D eigenvalue weighted by Crippen LogP contribution is -2.42. The van der Waals surface area contributed by atoms with Gasteiger partial charge in [0.2, 0.25) is 0 Å². The van der Waals surface area contributed by atoms with Crippen LogP contribution in [0.3, 0.4) is 0 Å². The zero-order valence-electron chi connectivity index (χ0n) is 24.4. The Morgan fingerprint density at radius 1 is 1.14 bits per heavy atom. The fourth-order valence-electron chi connectivity index (χ4n) is 4.13. The lowest BCUT2D eigenvalue weighted by molar-refractivity contribution is -0.152. The van der Waals surface area contributed by atoms with Crippen LogP contribution in [-0.2, 0) is 20.9 Å². The summed E-state index contributed by atoms with van der Waals surface area (Å²) in [5, 5.41) is 55.7. The summed E-state index contributed by atoms with van der Waals surface area (Å²) in [5.41, 5.74) is 2.65. The molecule has 232 valence electrons. The highest BCUT2D eigenvalue weighted by Gasteiger charge is 2.26. The van der Waals surface area contributed by atoms with Crippen molar-refractivity contribution in [1.82, 2.24) is 20.1 Å². The molecule has 0 spiro atoms. The normalized spacial score (nSPS) is 14.0. The van der Waals surface area contributed by atoms with Gasteiger partial charge in [-0.3, -0.25) is 9.59 Å². The number of carbonyl (C=O) groups is 3. The van der Waals surface area contributed by atoms with Gasteiger partial charge in [0.25, 0.3) is 5.91 Å². The van der Waals surface area contributed by atoms with E-state index in [0.29, 0.717) is 29.4 Å². The van der Waals surface area contributed by atoms with Crippen LogP contribution in [-0.4, -0.2) is 82.9 Å². The van der Waals surface area contributed by atoms with Gasteiger partial charge in [-0.25, -0.2) is 14.5 Å². The Bertz CT molecular complexity index is 1450. The number of aliphatic hydroxyl groups is 2. The quantitative estimate of drug-likeness (QED) is 0.168. The number of rotatable bonds is 11. The van der Waals surface area contributed by atoms with E-state index >= 15 is 0 Å². The molecule has 14 heteroatoms. The van der Waals surface area contributed by atoms with Gasteiger partial charge in [-0.1, -0.05) is 29.8 Å². The van der Waals surface area contributed by atoms with Crippen LogP contribution in [0.5, 0.6) is 11.5 Å². The largest absolute Gasteiger partial charge is 0.508 e. The van der Waals surface area contributed by atoms with Crippen molar-refractivity contribution in [3.8, 4) is 22.9 Å². The Morgan fingerprint density at radius 3 is 2.42 bits per heavy atom. The second kappa shape index (κ2) is 14.1. The van der Waals surface area contributed by atoms with Gasteiger partial charge in [-0.2, -0.15) is 5.10 Å². The monoisotopic (exact) mass is 599 g/mol. The molecule has 0 aliphatic carbocycles. The van der Waals surface area contributed by atoms with E-state index in [1.165, 1.54) is 17.7 Å². The van der Waals surface area contributed by atoms with Gasteiger partial charge in [0, 0.05) is 35.8 Å². The van der Waals surface area contributed by atoms with Gasteiger partial charge in [0.15, 0.2) is 18.5 Å². The minimum atomic E-state index is -1.79. The first kappa shape index (κ1) is 33.0. The van der Waals surface area contributed by atoms with E-state index in [4.69, 9.17) is 20.1 Å². The Kier molecular flexibility index (Phi) is 10.8. The molecule has 0 saturated carbocycles. The van der Waals surface area contributed by atoms with E-state index in [-0.39, 0.29) is 30.3 Å². The molecule has 1 aliphatic heterocycles. The number of aliphatic hydroxyl groups excluding tert-OH is 2. The van der Waals surface area contributed by atoms with Crippen LogP contribution in [0.2, 0.25) is 0 Å². The Hall–Kier alpha value is -4.53. The predicted molar refractivity (Wildman–Crippen MR) is 155 cm³/mol. The Labute approximate surface area is 248 Å². The number of carboxylic acids is 2. The van der Waals surface area contributed by atoms with Gasteiger partial charge in [0.05, 0.1) is 18.2 Å². The Morgan fingerprint density at radius 2 is 1.81 bits per heavy atom. The first-order valence-electron chi connectivity index (χ1n) is 13.5. The molecule has 2 heterocycles. The number of phenolic OH excluding ortho intramolecular Hbond substituents is 1. The van der Waals surface area contributed by atoms with Gasteiger partial charge in [-0.05, 0) is 40.2 Å². The zero-order valence-corrected chi connectivity index (χ0v) is 24.4. The van der Waals surface area contributed by atoms with E-state index < -0.39 is 30.6 Å². The number of aromatic hydroxyl groups is 1. The van der Waals surface area contributed by atoms with Gasteiger partial charge < -0.3 is 40.9 Å². The molecule has 2 atom stereocenters. The molecular weight excluding hydrogens is 562 g/mol. The summed E-state index contributed by atoms with van der Waals surface area (Å²) >= 11 is 0. The third kappa shape index (κ3) is 9.49. The minimum Gasteiger partial charge on any atom is -0.508 e. The fraction of sp³-hybridized carbons (Fsp3) is 0.414. The number of fused-ring (bicyclic) bond motifs is 1. The number of aryl methyl sites for hydroxylation is 3. The third-order valence-electron chi connectivity index (χ3n) is 6.63. The number of nitrogens with one attached hydrogen (secondary N) is 2. The number of anilines is 1. The molecule has 1 aliphatic rings. The molecule has 0 radical (unpaired) electrons. The smallest absolute Gasteiger partial charge is 0.333 e. The summed E-state index contributed by atoms with van der Waals surface area (Å²) in [6.45, 7) is 8.88. The highest BCUT2D eigenvalue weighted by Crippen LogP contribution is 2.38. The lowest BCUT2D eigenvalue weighted by atomic mass is 9.99. The zero-order chi connectivity index (χ0) is 31.9. The highest BCUT2D eigenvalue weighted by molar-refractivity contribution is 5.96. The average Bonchev–Trinajstić information content (AvgIpc) is 3.30. The van der Waals surface area contributed by atoms with E-state index in [9.17, 15) is 24.6 Å². The number of aliphatic carboxylic acids is 2. The predicted octanol–water partition coefficient (Wildman–Crippen LogP) is 2.00. The number of nitrogens with zero attached hydrogens (tertiary/aromatic N) is 3. The first-order chi connectivity index (χ1) is 20.1. The van der Waals surface area contributed by atoms with Crippen molar-refractivity contribution in [1.29, 1.82) is 0 Å². The number of ether oxygens (including phenoxy) is 1. The van der Waals surface area contributed by atoms with Crippen molar-refractivity contribution in [3.63, 3.8) is 0 Å². The maximum absolute atomic E-state index is 11.6. The minimum absolute atomic E-state index is 0.0519. The van der Waals surface area contributed by atoms with Crippen LogP contribution < -0.4 is 15.4 Å². The number of benzene rings is 2. The summed E-state index contributed by atoms with van der Waals surface area (Å²) in [6.07, 6.45) is -2.73. The standard InChI is InChI=1S/C25H31N5O4.C4H6O5/c1-15-5-7-17(8-6-15)24-27-16(2)30(29-24)10-9-25(3,4)26-13-21(32)19-11-18(31)12-20-23(19)34-14-22(33)28-20;5-2(4(8)9)1-3(6)7/h5-8,11-12,21,26,31-32H,9-10,13-14H2,1-4H3,(H,28,33);2,5H,1H2,(H,6,7)(H,8,9). The van der Waals surface area contributed by atoms with E-state index in [1.54, 1.807) is 0 Å². The molecule has 14 nitrogen and oxygen atoms in total. The SMILES string of the molecule is Cc1ccc(-c2nc(C)n(CCC(C)(C)NCC(O)c3cc(O)cc4c3OCC(=O)N4)n2)cc1.O=C(O)CC(O)C(=O)O. The van der Waals surface area contributed by atoms with Crippen LogP contribution in [0.25, 0.3) is 11.4 Å². The lowest BCUT2D eigenvalue weighted by Gasteiger charge is -2.29. The van der Waals surface area contributed by atoms with Crippen molar-refractivity contribution < 1.29 is 44.7 Å². The number of phenols is 1. The summed E-state index contributed by atoms with van der Waals surface area (Å²) in [6, 6.07) is 11.0. The molecular formula is C29H37N5O9. The van der Waals surface area contributed by atoms with Crippen LogP contribution in [0.15, 0.2) is 36.4 Å². The van der Waals surface area contributed by atoms with Crippen molar-refractivity contribution in [2.24, 2.45) is 0 Å². The van der Waals surface area contributed by atoms with Crippen molar-refractivity contribution in [3.05, 3.63) is 53.3 Å². The molecule has 1 amide bonds. The molecule has 7 N–H and O–H groups in total. The van der Waals surface area contributed by atoms with Crippen LogP contribution in [0.1, 0.15) is 49.7 Å². The van der Waals surface area contributed by atoms with Crippen molar-refractivity contribution in [2.45, 2.75) is 64.8 Å². The second-order valence-corrected chi connectivity index (χ2v) is 10.8. The topological polar surface area (TPSA) is 216 Å². The molecule has 43 heavy (non-hydrogen) atoms. The highest BCUT2D eigenvalue weighted by atomic mass is 16.5. The number of amides is 1. The summed E-state index contributed by atoms with van der Waals surface area (Å²) in [7, 11) is 0. The summed E-state index contributed by atoms with van der Waals surface area (Å²) in [5.74, 6) is -1.26. The maximum Gasteiger partial charge on any atom is 0.333 e. The molecule has 0 bridgehead atoms. The summed E-state index contributed by atoms with van der Waals surface area (Å²) in [4.78, 5) is 35.6. The van der Waals surface area contributed by atoms with Gasteiger partial charge in [-0.15, -0.1) is 0 Å². The number of hydrogen-bond donors (Lipinski definition) is 7. The fourth-order valence-corrected chi connectivity index (χ4v) is 4.13. The number of carbonyl (C=O) groups excluding carboxylic acids is 1. The molecule has 4 rings (SSSR count).